The minimum Gasteiger partial charge on any atom is -0.402 e. The highest BCUT2D eigenvalue weighted by Crippen LogP contribution is 1.94. The number of aromatic nitrogens is 2. The maximum atomic E-state index is 11.1. The lowest BCUT2D eigenvalue weighted by atomic mass is 10.4. The Morgan fingerprint density at radius 3 is 3.00 bits per heavy atom. The van der Waals surface area contributed by atoms with Crippen LogP contribution in [0.25, 0.3) is 0 Å². The quantitative estimate of drug-likeness (QED) is 0.456. The molecular weight excluding hydrogens is 182 g/mol. The third-order valence-electron chi connectivity index (χ3n) is 1.25. The van der Waals surface area contributed by atoms with Crippen LogP contribution in [-0.4, -0.2) is 15.9 Å². The van der Waals surface area contributed by atoms with Crippen molar-refractivity contribution in [2.75, 3.05) is 5.43 Å². The van der Waals surface area contributed by atoms with E-state index in [1.165, 1.54) is 12.4 Å². The Morgan fingerprint density at radius 1 is 1.64 bits per heavy atom. The number of allylic oxidation sites excluding steroid dienone is 1. The number of rotatable bonds is 3. The summed E-state index contributed by atoms with van der Waals surface area (Å²) in [4.78, 5) is 18.6. The van der Waals surface area contributed by atoms with E-state index in [0.717, 1.165) is 0 Å². The summed E-state index contributed by atoms with van der Waals surface area (Å²) in [5.41, 5.74) is 10.7. The Hall–Kier alpha value is -2.11. The second-order valence-corrected chi connectivity index (χ2v) is 2.60. The summed E-state index contributed by atoms with van der Waals surface area (Å²) in [6.45, 7) is 1.63. The van der Waals surface area contributed by atoms with Crippen LogP contribution in [0.5, 0.6) is 0 Å². The largest absolute Gasteiger partial charge is 0.402 e. The van der Waals surface area contributed by atoms with Crippen LogP contribution in [0.4, 0.5) is 5.82 Å². The second kappa shape index (κ2) is 4.80. The SMILES string of the molecule is C/C(N)=C/C(=O)NNc1ccncn1. The highest BCUT2D eigenvalue weighted by molar-refractivity contribution is 5.88. The number of hydrogen-bond acceptors (Lipinski definition) is 5. The molecule has 1 aromatic heterocycles. The molecule has 0 radical (unpaired) electrons. The number of carbonyl (C=O) groups is 1. The van der Waals surface area contributed by atoms with Crippen molar-refractivity contribution in [3.63, 3.8) is 0 Å². The molecule has 6 nitrogen and oxygen atoms in total. The Kier molecular flexibility index (Phi) is 3.42. The number of nitrogens with zero attached hydrogens (tertiary/aromatic N) is 2. The maximum Gasteiger partial charge on any atom is 0.264 e. The molecule has 0 spiro atoms. The first-order chi connectivity index (χ1) is 6.68. The van der Waals surface area contributed by atoms with Crippen LogP contribution >= 0.6 is 0 Å². The van der Waals surface area contributed by atoms with Crippen molar-refractivity contribution in [2.24, 2.45) is 5.73 Å². The third kappa shape index (κ3) is 3.53. The van der Waals surface area contributed by atoms with Gasteiger partial charge in [0.05, 0.1) is 0 Å². The van der Waals surface area contributed by atoms with Crippen molar-refractivity contribution in [3.05, 3.63) is 30.4 Å². The average Bonchev–Trinajstić information content (AvgIpc) is 2.15. The number of nitrogens with two attached hydrogens (primary N) is 1. The van der Waals surface area contributed by atoms with Crippen LogP contribution in [0.15, 0.2) is 30.4 Å². The van der Waals surface area contributed by atoms with E-state index >= 15 is 0 Å². The lowest BCUT2D eigenvalue weighted by Gasteiger charge is -2.04. The van der Waals surface area contributed by atoms with Gasteiger partial charge in [-0.05, 0) is 6.92 Å². The number of hydrazine groups is 1. The lowest BCUT2D eigenvalue weighted by Crippen LogP contribution is -2.28. The monoisotopic (exact) mass is 193 g/mol. The molecule has 0 aliphatic carbocycles. The van der Waals surface area contributed by atoms with Gasteiger partial charge in [0, 0.05) is 24.0 Å². The molecule has 74 valence electrons. The van der Waals surface area contributed by atoms with Gasteiger partial charge in [-0.25, -0.2) is 9.97 Å². The van der Waals surface area contributed by atoms with Gasteiger partial charge in [0.15, 0.2) is 0 Å². The minimum atomic E-state index is -0.330. The van der Waals surface area contributed by atoms with E-state index in [2.05, 4.69) is 20.8 Å². The summed E-state index contributed by atoms with van der Waals surface area (Å²) in [6, 6.07) is 1.62. The molecule has 0 aromatic carbocycles. The lowest BCUT2D eigenvalue weighted by molar-refractivity contribution is -0.116. The standard InChI is InChI=1S/C8H11N5O/c1-6(9)4-8(14)13-12-7-2-3-10-5-11-7/h2-5H,9H2,1H3,(H,13,14)(H,10,11,12)/b6-4-. The molecule has 1 aromatic rings. The molecule has 1 rings (SSSR count). The first kappa shape index (κ1) is 9.97. The zero-order valence-electron chi connectivity index (χ0n) is 7.69. The van der Waals surface area contributed by atoms with Gasteiger partial charge >= 0.3 is 0 Å². The predicted octanol–water partition coefficient (Wildman–Crippen LogP) is -0.218. The van der Waals surface area contributed by atoms with Gasteiger partial charge in [0.2, 0.25) is 0 Å². The van der Waals surface area contributed by atoms with Gasteiger partial charge < -0.3 is 5.73 Å². The van der Waals surface area contributed by atoms with Gasteiger partial charge in [0.25, 0.3) is 5.91 Å². The van der Waals surface area contributed by atoms with Crippen LogP contribution in [0.1, 0.15) is 6.92 Å². The highest BCUT2D eigenvalue weighted by atomic mass is 16.2. The molecular formula is C8H11N5O. The zero-order valence-corrected chi connectivity index (χ0v) is 7.69. The number of carbonyl (C=O) groups excluding carboxylic acids is 1. The Bertz CT molecular complexity index is 331. The van der Waals surface area contributed by atoms with E-state index in [1.807, 2.05) is 0 Å². The van der Waals surface area contributed by atoms with Crippen molar-refractivity contribution < 1.29 is 4.79 Å². The summed E-state index contributed by atoms with van der Waals surface area (Å²) in [5, 5.41) is 0. The highest BCUT2D eigenvalue weighted by Gasteiger charge is 1.95. The maximum absolute atomic E-state index is 11.1. The molecule has 0 unspecified atom stereocenters. The van der Waals surface area contributed by atoms with E-state index in [4.69, 9.17) is 5.73 Å². The molecule has 0 fully saturated rings. The minimum absolute atomic E-state index is 0.330. The van der Waals surface area contributed by atoms with Gasteiger partial charge in [-0.2, -0.15) is 0 Å². The smallest absolute Gasteiger partial charge is 0.264 e. The van der Waals surface area contributed by atoms with Gasteiger partial charge in [0.1, 0.15) is 12.1 Å². The summed E-state index contributed by atoms with van der Waals surface area (Å²) >= 11 is 0. The summed E-state index contributed by atoms with van der Waals surface area (Å²) in [6.07, 6.45) is 4.21. The van der Waals surface area contributed by atoms with E-state index in [9.17, 15) is 4.79 Å². The topological polar surface area (TPSA) is 92.9 Å². The molecule has 0 saturated heterocycles. The van der Waals surface area contributed by atoms with Crippen LogP contribution in [0, 0.1) is 0 Å². The Balaban J connectivity index is 2.42. The normalized spacial score (nSPS) is 10.8. The van der Waals surface area contributed by atoms with Gasteiger partial charge in [-0.15, -0.1) is 0 Å². The average molecular weight is 193 g/mol. The number of amides is 1. The van der Waals surface area contributed by atoms with Crippen LogP contribution in [0.3, 0.4) is 0 Å². The molecule has 0 aliphatic rings. The fraction of sp³-hybridized carbons (Fsp3) is 0.125. The second-order valence-electron chi connectivity index (χ2n) is 2.60. The van der Waals surface area contributed by atoms with E-state index in [-0.39, 0.29) is 5.91 Å². The molecule has 14 heavy (non-hydrogen) atoms. The fourth-order valence-corrected chi connectivity index (χ4v) is 0.733. The Morgan fingerprint density at radius 2 is 2.43 bits per heavy atom. The summed E-state index contributed by atoms with van der Waals surface area (Å²) < 4.78 is 0. The summed E-state index contributed by atoms with van der Waals surface area (Å²) in [5.74, 6) is 0.181. The molecule has 1 amide bonds. The van der Waals surface area contributed by atoms with Crippen LogP contribution in [-0.2, 0) is 4.79 Å². The number of hydrogen-bond donors (Lipinski definition) is 3. The molecule has 0 atom stereocenters. The first-order valence-electron chi connectivity index (χ1n) is 3.94. The number of nitrogens with one attached hydrogen (secondary N) is 2. The predicted molar refractivity (Wildman–Crippen MR) is 51.7 cm³/mol. The van der Waals surface area contributed by atoms with Crippen molar-refractivity contribution in [1.29, 1.82) is 0 Å². The molecule has 4 N–H and O–H groups in total. The van der Waals surface area contributed by atoms with Crippen LogP contribution < -0.4 is 16.6 Å². The van der Waals surface area contributed by atoms with Crippen molar-refractivity contribution in [1.82, 2.24) is 15.4 Å². The van der Waals surface area contributed by atoms with Gasteiger partial charge in [-0.3, -0.25) is 15.6 Å². The van der Waals surface area contributed by atoms with Crippen molar-refractivity contribution in [2.45, 2.75) is 6.92 Å². The Labute approximate surface area is 81.2 Å². The first-order valence-corrected chi connectivity index (χ1v) is 3.94. The molecule has 6 heteroatoms. The van der Waals surface area contributed by atoms with Crippen LogP contribution in [0.2, 0.25) is 0 Å². The number of anilines is 1. The molecule has 0 bridgehead atoms. The third-order valence-corrected chi connectivity index (χ3v) is 1.25. The molecule has 0 aliphatic heterocycles. The van der Waals surface area contributed by atoms with Crippen molar-refractivity contribution in [3.8, 4) is 0 Å². The molecule has 0 saturated carbocycles. The fourth-order valence-electron chi connectivity index (χ4n) is 0.733. The van der Waals surface area contributed by atoms with E-state index in [0.29, 0.717) is 11.5 Å². The van der Waals surface area contributed by atoms with Crippen molar-refractivity contribution >= 4 is 11.7 Å². The zero-order chi connectivity index (χ0) is 10.4. The summed E-state index contributed by atoms with van der Waals surface area (Å²) in [7, 11) is 0. The van der Waals surface area contributed by atoms with E-state index < -0.39 is 0 Å². The molecule has 1 heterocycles. The van der Waals surface area contributed by atoms with Gasteiger partial charge in [-0.1, -0.05) is 0 Å². The van der Waals surface area contributed by atoms with E-state index in [1.54, 1.807) is 19.2 Å².